The van der Waals surface area contributed by atoms with Gasteiger partial charge in [-0.25, -0.2) is 0 Å². The highest BCUT2D eigenvalue weighted by Gasteiger charge is 2.32. The molecule has 138 valence electrons. The number of piperidine rings is 1. The van der Waals surface area contributed by atoms with Crippen LogP contribution in [0.1, 0.15) is 28.2 Å². The molecular weight excluding hydrogens is 358 g/mol. The van der Waals surface area contributed by atoms with Gasteiger partial charge in [-0.15, -0.1) is 23.7 Å². The van der Waals surface area contributed by atoms with Crippen LogP contribution in [0.2, 0.25) is 0 Å². The van der Waals surface area contributed by atoms with Gasteiger partial charge in [0.05, 0.1) is 13.2 Å². The van der Waals surface area contributed by atoms with Gasteiger partial charge >= 0.3 is 0 Å². The Morgan fingerprint density at radius 2 is 2.16 bits per heavy atom. The number of carbonyl (C=O) groups is 1. The maximum Gasteiger partial charge on any atom is 0.267 e. The smallest absolute Gasteiger partial charge is 0.267 e. The molecule has 1 aliphatic heterocycles. The van der Waals surface area contributed by atoms with Gasteiger partial charge in [-0.1, -0.05) is 6.07 Å². The topological polar surface area (TPSA) is 55.3 Å². The Morgan fingerprint density at radius 1 is 1.36 bits per heavy atom. The van der Waals surface area contributed by atoms with Crippen molar-refractivity contribution < 1.29 is 9.53 Å². The van der Waals surface area contributed by atoms with Crippen LogP contribution in [0.15, 0.2) is 35.8 Å². The van der Waals surface area contributed by atoms with E-state index in [1.165, 1.54) is 4.88 Å². The zero-order valence-electron chi connectivity index (χ0n) is 14.5. The summed E-state index contributed by atoms with van der Waals surface area (Å²) in [5.41, 5.74) is 0.755. The van der Waals surface area contributed by atoms with Gasteiger partial charge in [-0.05, 0) is 49.5 Å². The molecule has 2 N–H and O–H groups in total. The second kappa shape index (κ2) is 9.38. The molecule has 3 rings (SSSR count). The van der Waals surface area contributed by atoms with E-state index < -0.39 is 0 Å². The number of halogens is 1. The normalized spacial score (nSPS) is 16.2. The Bertz CT molecular complexity index is 646. The van der Waals surface area contributed by atoms with E-state index in [9.17, 15) is 4.79 Å². The Kier molecular flexibility index (Phi) is 7.50. The molecule has 5 nitrogen and oxygen atoms in total. The van der Waals surface area contributed by atoms with Crippen LogP contribution in [0.5, 0.6) is 0 Å². The molecule has 0 spiro atoms. The highest BCUT2D eigenvalue weighted by Crippen LogP contribution is 2.28. The molecule has 0 bridgehead atoms. The summed E-state index contributed by atoms with van der Waals surface area (Å²) >= 11 is 1.71. The third kappa shape index (κ3) is 5.07. The predicted molar refractivity (Wildman–Crippen MR) is 104 cm³/mol. The maximum absolute atomic E-state index is 12.7. The zero-order chi connectivity index (χ0) is 16.8. The molecule has 2 aromatic heterocycles. The minimum absolute atomic E-state index is 0. The van der Waals surface area contributed by atoms with Crippen LogP contribution < -0.4 is 10.6 Å². The highest BCUT2D eigenvalue weighted by molar-refractivity contribution is 7.09. The molecule has 0 unspecified atom stereocenters. The van der Waals surface area contributed by atoms with Crippen molar-refractivity contribution in [3.63, 3.8) is 0 Å². The van der Waals surface area contributed by atoms with E-state index in [0.29, 0.717) is 18.8 Å². The van der Waals surface area contributed by atoms with Crippen molar-refractivity contribution in [2.24, 2.45) is 5.41 Å². The number of thiophene rings is 1. The number of ether oxygens (including phenoxy) is 1. The largest absolute Gasteiger partial charge is 0.384 e. The van der Waals surface area contributed by atoms with E-state index in [2.05, 4.69) is 22.1 Å². The molecular formula is C18H26ClN3O2S. The van der Waals surface area contributed by atoms with E-state index in [1.54, 1.807) is 18.4 Å². The molecule has 1 fully saturated rings. The molecule has 3 heterocycles. The van der Waals surface area contributed by atoms with Gasteiger partial charge in [-0.3, -0.25) is 4.79 Å². The summed E-state index contributed by atoms with van der Waals surface area (Å²) in [6.07, 6.45) is 4.01. The number of hydrogen-bond acceptors (Lipinski definition) is 4. The lowest BCUT2D eigenvalue weighted by Crippen LogP contribution is -2.47. The van der Waals surface area contributed by atoms with E-state index in [4.69, 9.17) is 4.74 Å². The second-order valence-electron chi connectivity index (χ2n) is 6.47. The van der Waals surface area contributed by atoms with Crippen LogP contribution >= 0.6 is 23.7 Å². The van der Waals surface area contributed by atoms with Crippen LogP contribution in [-0.4, -0.2) is 43.8 Å². The van der Waals surface area contributed by atoms with Crippen molar-refractivity contribution in [2.75, 3.05) is 33.4 Å². The van der Waals surface area contributed by atoms with Gasteiger partial charge in [0.15, 0.2) is 0 Å². The summed E-state index contributed by atoms with van der Waals surface area (Å²) in [5.74, 6) is -0.00873. The number of carbonyl (C=O) groups excluding carboxylic acids is 1. The fraction of sp³-hybridized carbons (Fsp3) is 0.500. The van der Waals surface area contributed by atoms with Gasteiger partial charge in [-0.2, -0.15) is 0 Å². The lowest BCUT2D eigenvalue weighted by molar-refractivity contribution is 0.0510. The lowest BCUT2D eigenvalue weighted by atomic mass is 9.79. The van der Waals surface area contributed by atoms with Crippen molar-refractivity contribution in [1.29, 1.82) is 0 Å². The van der Waals surface area contributed by atoms with Gasteiger partial charge in [0.25, 0.3) is 5.91 Å². The van der Waals surface area contributed by atoms with Gasteiger partial charge in [0, 0.05) is 30.1 Å². The summed E-state index contributed by atoms with van der Waals surface area (Å²) in [6, 6.07) is 7.94. The molecule has 0 aliphatic carbocycles. The standard InChI is InChI=1S/C18H25N3O2S.ClH/c1-23-14-18(6-8-19-9-7-18)13-20-17(22)16-5-2-10-21(16)12-15-4-3-11-24-15;/h2-5,10-11,19H,6-9,12-14H2,1H3,(H,20,22);1H. The first-order chi connectivity index (χ1) is 11.7. The third-order valence-corrected chi connectivity index (χ3v) is 5.57. The molecule has 1 amide bonds. The fourth-order valence-electron chi connectivity index (χ4n) is 3.32. The number of aromatic nitrogens is 1. The van der Waals surface area contributed by atoms with Gasteiger partial charge < -0.3 is 19.9 Å². The minimum atomic E-state index is -0.00873. The summed E-state index contributed by atoms with van der Waals surface area (Å²) in [5, 5.41) is 8.57. The number of hydrogen-bond donors (Lipinski definition) is 2. The van der Waals surface area contributed by atoms with Crippen molar-refractivity contribution in [3.8, 4) is 0 Å². The zero-order valence-corrected chi connectivity index (χ0v) is 16.1. The van der Waals surface area contributed by atoms with E-state index >= 15 is 0 Å². The van der Waals surface area contributed by atoms with Crippen LogP contribution in [-0.2, 0) is 11.3 Å². The molecule has 1 aliphatic rings. The molecule has 1 saturated heterocycles. The summed E-state index contributed by atoms with van der Waals surface area (Å²) in [7, 11) is 1.73. The average Bonchev–Trinajstić information content (AvgIpc) is 3.26. The summed E-state index contributed by atoms with van der Waals surface area (Å²) in [4.78, 5) is 13.9. The lowest BCUT2D eigenvalue weighted by Gasteiger charge is -2.37. The SMILES string of the molecule is COCC1(CNC(=O)c2cccn2Cc2cccs2)CCNCC1.Cl. The number of rotatable bonds is 7. The molecule has 7 heteroatoms. The second-order valence-corrected chi connectivity index (χ2v) is 7.50. The Morgan fingerprint density at radius 3 is 2.84 bits per heavy atom. The predicted octanol–water partition coefficient (Wildman–Crippen LogP) is 2.77. The third-order valence-electron chi connectivity index (χ3n) is 4.71. The Balaban J connectivity index is 0.00000225. The monoisotopic (exact) mass is 383 g/mol. The first kappa shape index (κ1) is 20.0. The van der Waals surface area contributed by atoms with Crippen LogP contribution in [0.4, 0.5) is 0 Å². The number of amides is 1. The van der Waals surface area contributed by atoms with Crippen LogP contribution in [0, 0.1) is 5.41 Å². The minimum Gasteiger partial charge on any atom is -0.384 e. The van der Waals surface area contributed by atoms with E-state index in [-0.39, 0.29) is 23.7 Å². The van der Waals surface area contributed by atoms with Gasteiger partial charge in [0.2, 0.25) is 0 Å². The first-order valence-corrected chi connectivity index (χ1v) is 9.26. The average molecular weight is 384 g/mol. The van der Waals surface area contributed by atoms with Crippen molar-refractivity contribution >= 4 is 29.7 Å². The number of nitrogens with one attached hydrogen (secondary N) is 2. The van der Waals surface area contributed by atoms with Crippen LogP contribution in [0.3, 0.4) is 0 Å². The Hall–Kier alpha value is -1.34. The highest BCUT2D eigenvalue weighted by atomic mass is 35.5. The van der Waals surface area contributed by atoms with E-state index in [1.807, 2.05) is 29.0 Å². The van der Waals surface area contributed by atoms with Crippen molar-refractivity contribution in [2.45, 2.75) is 19.4 Å². The Labute approximate surface area is 159 Å². The quantitative estimate of drug-likeness (QED) is 0.773. The molecule has 0 radical (unpaired) electrons. The van der Waals surface area contributed by atoms with E-state index in [0.717, 1.165) is 32.5 Å². The van der Waals surface area contributed by atoms with Crippen molar-refractivity contribution in [1.82, 2.24) is 15.2 Å². The molecule has 25 heavy (non-hydrogen) atoms. The maximum atomic E-state index is 12.7. The summed E-state index contributed by atoms with van der Waals surface area (Å²) in [6.45, 7) is 4.04. The van der Waals surface area contributed by atoms with Crippen LogP contribution in [0.25, 0.3) is 0 Å². The molecule has 2 aromatic rings. The summed E-state index contributed by atoms with van der Waals surface area (Å²) < 4.78 is 7.43. The molecule has 0 aromatic carbocycles. The first-order valence-electron chi connectivity index (χ1n) is 8.38. The van der Waals surface area contributed by atoms with Crippen molar-refractivity contribution in [3.05, 3.63) is 46.4 Å². The fourth-order valence-corrected chi connectivity index (χ4v) is 4.02. The number of nitrogens with zero attached hydrogens (tertiary/aromatic N) is 1. The molecule has 0 atom stereocenters. The molecule has 0 saturated carbocycles. The van der Waals surface area contributed by atoms with Gasteiger partial charge in [0.1, 0.15) is 5.69 Å². The number of methoxy groups -OCH3 is 1.